The molecule has 2 heterocycles. The molecule has 0 saturated carbocycles. The maximum Gasteiger partial charge on any atom is 0.240 e. The molecule has 1 aromatic heterocycles. The van der Waals surface area contributed by atoms with Crippen molar-refractivity contribution in [3.63, 3.8) is 0 Å². The van der Waals surface area contributed by atoms with E-state index in [0.717, 1.165) is 29.6 Å². The molecule has 4 rings (SSSR count). The van der Waals surface area contributed by atoms with Crippen molar-refractivity contribution in [3.8, 4) is 0 Å². The minimum Gasteiger partial charge on any atom is -0.355 e. The number of nitrogens with one attached hydrogen (secondary N) is 1. The zero-order valence-corrected chi connectivity index (χ0v) is 14.5. The first kappa shape index (κ1) is 16.1. The molecule has 0 spiro atoms. The molecule has 0 aliphatic carbocycles. The van der Waals surface area contributed by atoms with Crippen molar-refractivity contribution >= 4 is 26.6 Å². The van der Waals surface area contributed by atoms with Crippen LogP contribution in [0, 0.1) is 0 Å². The van der Waals surface area contributed by atoms with E-state index in [2.05, 4.69) is 14.6 Å². The summed E-state index contributed by atoms with van der Waals surface area (Å²) in [6, 6.07) is 18.6. The predicted octanol–water partition coefficient (Wildman–Crippen LogP) is 2.79. The Bertz CT molecular complexity index is 990. The number of benzene rings is 2. The van der Waals surface area contributed by atoms with Crippen LogP contribution in [0.2, 0.25) is 0 Å². The monoisotopic (exact) mass is 353 g/mol. The molecule has 1 atom stereocenters. The van der Waals surface area contributed by atoms with Crippen LogP contribution in [-0.2, 0) is 10.0 Å². The van der Waals surface area contributed by atoms with Gasteiger partial charge < -0.3 is 4.90 Å². The third kappa shape index (κ3) is 3.36. The number of sulfonamides is 1. The summed E-state index contributed by atoms with van der Waals surface area (Å²) in [5, 5.41) is 1.95. The van der Waals surface area contributed by atoms with E-state index < -0.39 is 10.0 Å². The van der Waals surface area contributed by atoms with Crippen LogP contribution in [0.4, 0.5) is 5.82 Å². The number of aromatic nitrogens is 1. The quantitative estimate of drug-likeness (QED) is 0.783. The number of anilines is 1. The second-order valence-corrected chi connectivity index (χ2v) is 7.96. The van der Waals surface area contributed by atoms with Crippen molar-refractivity contribution in [3.05, 3.63) is 66.9 Å². The maximum atomic E-state index is 12.7. The molecule has 128 valence electrons. The van der Waals surface area contributed by atoms with Crippen molar-refractivity contribution in [2.75, 3.05) is 18.0 Å². The summed E-state index contributed by atoms with van der Waals surface area (Å²) in [6.45, 7) is 1.42. The second kappa shape index (κ2) is 6.46. The molecular formula is C19H19N3O2S. The second-order valence-electron chi connectivity index (χ2n) is 6.25. The molecule has 1 aliphatic heterocycles. The van der Waals surface area contributed by atoms with Crippen LogP contribution in [-0.4, -0.2) is 32.5 Å². The number of fused-ring (bicyclic) bond motifs is 1. The van der Waals surface area contributed by atoms with Crippen LogP contribution in [0.3, 0.4) is 0 Å². The van der Waals surface area contributed by atoms with Crippen LogP contribution in [0.15, 0.2) is 71.8 Å². The summed E-state index contributed by atoms with van der Waals surface area (Å²) in [4.78, 5) is 6.75. The summed E-state index contributed by atoms with van der Waals surface area (Å²) in [7, 11) is -3.54. The lowest BCUT2D eigenvalue weighted by atomic mass is 10.1. The average molecular weight is 353 g/mol. The van der Waals surface area contributed by atoms with Gasteiger partial charge in [-0.2, -0.15) is 0 Å². The van der Waals surface area contributed by atoms with Gasteiger partial charge in [-0.1, -0.05) is 36.4 Å². The first-order valence-corrected chi connectivity index (χ1v) is 9.77. The highest BCUT2D eigenvalue weighted by molar-refractivity contribution is 7.89. The van der Waals surface area contributed by atoms with Gasteiger partial charge in [0.1, 0.15) is 5.82 Å². The van der Waals surface area contributed by atoms with Gasteiger partial charge in [0.25, 0.3) is 0 Å². The lowest BCUT2D eigenvalue weighted by Gasteiger charge is -2.18. The van der Waals surface area contributed by atoms with E-state index in [-0.39, 0.29) is 6.04 Å². The van der Waals surface area contributed by atoms with Gasteiger partial charge in [-0.05, 0) is 41.5 Å². The molecule has 0 radical (unpaired) electrons. The Morgan fingerprint density at radius 3 is 2.60 bits per heavy atom. The Hall–Kier alpha value is -2.44. The van der Waals surface area contributed by atoms with Gasteiger partial charge in [0.15, 0.2) is 0 Å². The fourth-order valence-corrected chi connectivity index (χ4v) is 4.52. The molecule has 0 bridgehead atoms. The fraction of sp³-hybridized carbons (Fsp3) is 0.211. The lowest BCUT2D eigenvalue weighted by Crippen LogP contribution is -2.37. The zero-order chi connectivity index (χ0) is 17.3. The van der Waals surface area contributed by atoms with Crippen LogP contribution in [0.25, 0.3) is 10.8 Å². The Kier molecular flexibility index (Phi) is 4.15. The number of hydrogen-bond donors (Lipinski definition) is 1. The molecule has 1 saturated heterocycles. The van der Waals surface area contributed by atoms with Gasteiger partial charge in [0, 0.05) is 25.3 Å². The van der Waals surface area contributed by atoms with E-state index in [4.69, 9.17) is 0 Å². The molecular weight excluding hydrogens is 334 g/mol. The summed E-state index contributed by atoms with van der Waals surface area (Å²) in [5.74, 6) is 0.884. The van der Waals surface area contributed by atoms with E-state index in [0.29, 0.717) is 11.4 Å². The van der Waals surface area contributed by atoms with Gasteiger partial charge in [-0.15, -0.1) is 0 Å². The van der Waals surface area contributed by atoms with Crippen LogP contribution < -0.4 is 9.62 Å². The van der Waals surface area contributed by atoms with Crippen molar-refractivity contribution in [1.29, 1.82) is 0 Å². The molecule has 1 N–H and O–H groups in total. The Balaban J connectivity index is 1.51. The number of rotatable bonds is 4. The molecule has 25 heavy (non-hydrogen) atoms. The van der Waals surface area contributed by atoms with Crippen LogP contribution >= 0.6 is 0 Å². The Labute approximate surface area is 147 Å². The molecule has 0 amide bonds. The molecule has 6 heteroatoms. The number of hydrogen-bond acceptors (Lipinski definition) is 4. The first-order chi connectivity index (χ1) is 12.1. The molecule has 1 aliphatic rings. The summed E-state index contributed by atoms with van der Waals surface area (Å²) in [6.07, 6.45) is 2.52. The Morgan fingerprint density at radius 1 is 1.00 bits per heavy atom. The van der Waals surface area contributed by atoms with Crippen molar-refractivity contribution < 1.29 is 8.42 Å². The number of nitrogens with zero attached hydrogens (tertiary/aromatic N) is 2. The van der Waals surface area contributed by atoms with E-state index in [1.807, 2.05) is 48.5 Å². The molecule has 1 unspecified atom stereocenters. The van der Waals surface area contributed by atoms with Crippen molar-refractivity contribution in [2.45, 2.75) is 17.4 Å². The standard InChI is InChI=1S/C19H19N3O2S/c23-25(24,18-9-8-15-5-1-2-6-16(15)13-18)21-17-10-12-22(14-17)19-7-3-4-11-20-19/h1-9,11,13,17,21H,10,12,14H2. The predicted molar refractivity (Wildman–Crippen MR) is 99.1 cm³/mol. The average Bonchev–Trinajstić information content (AvgIpc) is 3.10. The normalized spacial score (nSPS) is 17.9. The van der Waals surface area contributed by atoms with E-state index in [9.17, 15) is 8.42 Å². The van der Waals surface area contributed by atoms with E-state index in [1.54, 1.807) is 18.3 Å². The zero-order valence-electron chi connectivity index (χ0n) is 13.7. The van der Waals surface area contributed by atoms with E-state index in [1.165, 1.54) is 0 Å². The molecule has 1 fully saturated rings. The van der Waals surface area contributed by atoms with Gasteiger partial charge in [-0.3, -0.25) is 0 Å². The van der Waals surface area contributed by atoms with Gasteiger partial charge in [0.2, 0.25) is 10.0 Å². The highest BCUT2D eigenvalue weighted by Gasteiger charge is 2.28. The minimum atomic E-state index is -3.54. The minimum absolute atomic E-state index is 0.113. The molecule has 5 nitrogen and oxygen atoms in total. The number of pyridine rings is 1. The molecule has 2 aromatic carbocycles. The Morgan fingerprint density at radius 2 is 1.80 bits per heavy atom. The SMILES string of the molecule is O=S(=O)(NC1CCN(c2ccccn2)C1)c1ccc2ccccc2c1. The van der Waals surface area contributed by atoms with Crippen LogP contribution in [0.1, 0.15) is 6.42 Å². The first-order valence-electron chi connectivity index (χ1n) is 8.29. The topological polar surface area (TPSA) is 62.3 Å². The lowest BCUT2D eigenvalue weighted by molar-refractivity contribution is 0.561. The highest BCUT2D eigenvalue weighted by Crippen LogP contribution is 2.21. The molecule has 3 aromatic rings. The highest BCUT2D eigenvalue weighted by atomic mass is 32.2. The summed E-state index contributed by atoms with van der Waals surface area (Å²) < 4.78 is 28.3. The fourth-order valence-electron chi connectivity index (χ4n) is 3.23. The van der Waals surface area contributed by atoms with Gasteiger partial charge in [-0.25, -0.2) is 18.1 Å². The van der Waals surface area contributed by atoms with E-state index >= 15 is 0 Å². The van der Waals surface area contributed by atoms with Gasteiger partial charge in [0.05, 0.1) is 4.90 Å². The third-order valence-electron chi connectivity index (χ3n) is 4.51. The maximum absolute atomic E-state index is 12.7. The van der Waals surface area contributed by atoms with Gasteiger partial charge >= 0.3 is 0 Å². The largest absolute Gasteiger partial charge is 0.355 e. The van der Waals surface area contributed by atoms with Crippen LogP contribution in [0.5, 0.6) is 0 Å². The smallest absolute Gasteiger partial charge is 0.240 e. The third-order valence-corrected chi connectivity index (χ3v) is 6.03. The van der Waals surface area contributed by atoms with Crippen molar-refractivity contribution in [1.82, 2.24) is 9.71 Å². The summed E-state index contributed by atoms with van der Waals surface area (Å²) in [5.41, 5.74) is 0. The summed E-state index contributed by atoms with van der Waals surface area (Å²) >= 11 is 0. The van der Waals surface area contributed by atoms with Crippen molar-refractivity contribution in [2.24, 2.45) is 0 Å².